The second kappa shape index (κ2) is 4.98. The van der Waals surface area contributed by atoms with E-state index in [2.05, 4.69) is 19.2 Å². The summed E-state index contributed by atoms with van der Waals surface area (Å²) < 4.78 is 5.37. The van der Waals surface area contributed by atoms with Gasteiger partial charge < -0.3 is 10.1 Å². The molecule has 0 aliphatic heterocycles. The van der Waals surface area contributed by atoms with Crippen LogP contribution in [0.15, 0.2) is 18.2 Å². The summed E-state index contributed by atoms with van der Waals surface area (Å²) in [5.74, 6) is 0. The van der Waals surface area contributed by atoms with E-state index >= 15 is 0 Å². The largest absolute Gasteiger partial charge is 0.381 e. The molecule has 1 fully saturated rings. The van der Waals surface area contributed by atoms with Gasteiger partial charge in [0, 0.05) is 29.7 Å². The van der Waals surface area contributed by atoms with Crippen molar-refractivity contribution in [3.05, 3.63) is 33.3 Å². The molecule has 6 heteroatoms. The summed E-state index contributed by atoms with van der Waals surface area (Å²) in [6.45, 7) is 4.17. The van der Waals surface area contributed by atoms with Crippen molar-refractivity contribution in [3.8, 4) is 0 Å². The van der Waals surface area contributed by atoms with Crippen LogP contribution in [-0.2, 0) is 4.74 Å². The molecule has 5 nitrogen and oxygen atoms in total. The Morgan fingerprint density at radius 3 is 2.74 bits per heavy atom. The number of ether oxygens (including phenoxy) is 1. The van der Waals surface area contributed by atoms with Crippen LogP contribution in [0.1, 0.15) is 20.3 Å². The van der Waals surface area contributed by atoms with Gasteiger partial charge in [0.2, 0.25) is 0 Å². The zero-order valence-corrected chi connectivity index (χ0v) is 11.9. The molecule has 2 unspecified atom stereocenters. The van der Waals surface area contributed by atoms with Crippen LogP contribution in [0.25, 0.3) is 0 Å². The minimum absolute atomic E-state index is 0.00386. The Hall–Kier alpha value is -1.33. The molecule has 1 aliphatic rings. The number of hydrogen-bond donors (Lipinski definition) is 1. The lowest BCUT2D eigenvalue weighted by Crippen LogP contribution is -2.57. The van der Waals surface area contributed by atoms with Crippen LogP contribution in [-0.4, -0.2) is 24.2 Å². The van der Waals surface area contributed by atoms with Crippen molar-refractivity contribution < 1.29 is 9.66 Å². The summed E-state index contributed by atoms with van der Waals surface area (Å²) in [4.78, 5) is 10.6. The standard InChI is InChI=1S/C13H17ClN2O3/c1-13(2)11(7-12(13)19-3)15-9-5-4-8(14)6-10(9)16(17)18/h4-6,11-12,15H,7H2,1-3H3. The molecule has 0 radical (unpaired) electrons. The van der Waals surface area contributed by atoms with Crippen LogP contribution in [0.5, 0.6) is 0 Å². The second-order valence-corrected chi connectivity index (χ2v) is 5.83. The predicted octanol–water partition coefficient (Wildman–Crippen LogP) is 3.47. The van der Waals surface area contributed by atoms with Crippen molar-refractivity contribution in [2.45, 2.75) is 32.4 Å². The number of nitro benzene ring substituents is 1. The molecule has 0 spiro atoms. The van der Waals surface area contributed by atoms with Crippen molar-refractivity contribution in [2.24, 2.45) is 5.41 Å². The molecule has 1 N–H and O–H groups in total. The van der Waals surface area contributed by atoms with Crippen molar-refractivity contribution >= 4 is 23.0 Å². The molecule has 0 aromatic heterocycles. The van der Waals surface area contributed by atoms with Gasteiger partial charge in [0.15, 0.2) is 0 Å². The summed E-state index contributed by atoms with van der Waals surface area (Å²) in [6.07, 6.45) is 1.01. The zero-order valence-electron chi connectivity index (χ0n) is 11.1. The number of benzene rings is 1. The van der Waals surface area contributed by atoms with Crippen molar-refractivity contribution in [1.29, 1.82) is 0 Å². The highest BCUT2D eigenvalue weighted by Crippen LogP contribution is 2.45. The van der Waals surface area contributed by atoms with Gasteiger partial charge >= 0.3 is 0 Å². The smallest absolute Gasteiger partial charge is 0.293 e. The van der Waals surface area contributed by atoms with E-state index in [1.165, 1.54) is 6.07 Å². The molecule has 1 aromatic carbocycles. The number of halogens is 1. The Morgan fingerprint density at radius 1 is 1.53 bits per heavy atom. The van der Waals surface area contributed by atoms with E-state index < -0.39 is 4.92 Å². The van der Waals surface area contributed by atoms with Crippen molar-refractivity contribution in [1.82, 2.24) is 0 Å². The van der Waals surface area contributed by atoms with Gasteiger partial charge in [0.05, 0.1) is 11.0 Å². The molecule has 2 rings (SSSR count). The summed E-state index contributed by atoms with van der Waals surface area (Å²) in [7, 11) is 1.69. The minimum atomic E-state index is -0.423. The van der Waals surface area contributed by atoms with Gasteiger partial charge in [-0.25, -0.2) is 0 Å². The van der Waals surface area contributed by atoms with Gasteiger partial charge in [-0.05, 0) is 18.6 Å². The zero-order chi connectivity index (χ0) is 14.2. The van der Waals surface area contributed by atoms with Crippen molar-refractivity contribution in [2.75, 3.05) is 12.4 Å². The molecule has 0 heterocycles. The summed E-state index contributed by atoms with van der Waals surface area (Å²) in [6, 6.07) is 4.81. The molecule has 0 saturated heterocycles. The first kappa shape index (κ1) is 14.1. The van der Waals surface area contributed by atoms with Gasteiger partial charge in [-0.15, -0.1) is 0 Å². The maximum Gasteiger partial charge on any atom is 0.293 e. The third-order valence-corrected chi connectivity index (χ3v) is 4.18. The molecule has 0 bridgehead atoms. The summed E-state index contributed by atoms with van der Waals surface area (Å²) in [5.41, 5.74) is 0.452. The maximum atomic E-state index is 11.0. The average Bonchev–Trinajstić information content (AvgIpc) is 2.35. The lowest BCUT2D eigenvalue weighted by molar-refractivity contribution is -0.384. The normalized spacial score (nSPS) is 24.6. The molecule has 2 atom stereocenters. The molecular formula is C13H17ClN2O3. The number of nitro groups is 1. The molecule has 104 valence electrons. The first-order valence-corrected chi connectivity index (χ1v) is 6.47. The van der Waals surface area contributed by atoms with E-state index in [-0.39, 0.29) is 23.2 Å². The van der Waals surface area contributed by atoms with Gasteiger partial charge in [-0.2, -0.15) is 0 Å². The third kappa shape index (κ3) is 2.53. The van der Waals surface area contributed by atoms with Gasteiger partial charge in [-0.1, -0.05) is 25.4 Å². The number of nitrogens with zero attached hydrogens (tertiary/aromatic N) is 1. The lowest BCUT2D eigenvalue weighted by atomic mass is 9.64. The van der Waals surface area contributed by atoms with E-state index in [1.807, 2.05) is 0 Å². The van der Waals surface area contributed by atoms with E-state index in [9.17, 15) is 10.1 Å². The predicted molar refractivity (Wildman–Crippen MR) is 74.7 cm³/mol. The number of rotatable bonds is 4. The van der Waals surface area contributed by atoms with E-state index in [4.69, 9.17) is 16.3 Å². The summed E-state index contributed by atoms with van der Waals surface area (Å²) >= 11 is 5.79. The Morgan fingerprint density at radius 2 is 2.21 bits per heavy atom. The van der Waals surface area contributed by atoms with Crippen LogP contribution in [0.3, 0.4) is 0 Å². The Bertz CT molecular complexity index is 505. The monoisotopic (exact) mass is 284 g/mol. The fourth-order valence-electron chi connectivity index (χ4n) is 2.50. The molecular weight excluding hydrogens is 268 g/mol. The second-order valence-electron chi connectivity index (χ2n) is 5.40. The molecule has 0 amide bonds. The first-order chi connectivity index (χ1) is 8.86. The molecule has 19 heavy (non-hydrogen) atoms. The quantitative estimate of drug-likeness (QED) is 0.679. The van der Waals surface area contributed by atoms with Crippen LogP contribution in [0.4, 0.5) is 11.4 Å². The average molecular weight is 285 g/mol. The Balaban J connectivity index is 2.19. The van der Waals surface area contributed by atoms with Gasteiger partial charge in [0.1, 0.15) is 5.69 Å². The lowest BCUT2D eigenvalue weighted by Gasteiger charge is -2.51. The van der Waals surface area contributed by atoms with E-state index in [0.29, 0.717) is 10.7 Å². The fourth-order valence-corrected chi connectivity index (χ4v) is 2.66. The van der Waals surface area contributed by atoms with Crippen LogP contribution in [0.2, 0.25) is 5.02 Å². The third-order valence-electron chi connectivity index (χ3n) is 3.95. The number of methoxy groups -OCH3 is 1. The van der Waals surface area contributed by atoms with E-state index in [1.54, 1.807) is 19.2 Å². The van der Waals surface area contributed by atoms with Crippen LogP contribution >= 0.6 is 11.6 Å². The fraction of sp³-hybridized carbons (Fsp3) is 0.538. The highest BCUT2D eigenvalue weighted by molar-refractivity contribution is 6.30. The van der Waals surface area contributed by atoms with Crippen LogP contribution in [0, 0.1) is 15.5 Å². The molecule has 1 aromatic rings. The maximum absolute atomic E-state index is 11.0. The highest BCUT2D eigenvalue weighted by atomic mass is 35.5. The summed E-state index contributed by atoms with van der Waals surface area (Å²) in [5, 5.41) is 14.6. The SMILES string of the molecule is COC1CC(Nc2ccc(Cl)cc2[N+](=O)[O-])C1(C)C. The first-order valence-electron chi connectivity index (χ1n) is 6.09. The highest BCUT2D eigenvalue weighted by Gasteiger charge is 2.49. The van der Waals surface area contributed by atoms with E-state index in [0.717, 1.165) is 6.42 Å². The Kier molecular flexibility index (Phi) is 3.69. The minimum Gasteiger partial charge on any atom is -0.381 e. The Labute approximate surface area is 117 Å². The number of anilines is 1. The molecule has 1 saturated carbocycles. The number of hydrogen-bond acceptors (Lipinski definition) is 4. The molecule has 1 aliphatic carbocycles. The van der Waals surface area contributed by atoms with Crippen LogP contribution < -0.4 is 5.32 Å². The van der Waals surface area contributed by atoms with Gasteiger partial charge in [0.25, 0.3) is 5.69 Å². The van der Waals surface area contributed by atoms with Crippen molar-refractivity contribution in [3.63, 3.8) is 0 Å². The number of nitrogens with one attached hydrogen (secondary N) is 1. The van der Waals surface area contributed by atoms with Gasteiger partial charge in [-0.3, -0.25) is 10.1 Å². The topological polar surface area (TPSA) is 64.4 Å².